The Balaban J connectivity index is 1.49. The summed E-state index contributed by atoms with van der Waals surface area (Å²) in [6.45, 7) is 3.17. The third kappa shape index (κ3) is 3.86. The SMILES string of the molecule is C[C@H](O)C#Cc1cc2c(Oc3cn(C4CC4)nc3C3CCOCC3)ccnc2[nH]1. The molecule has 0 radical (unpaired) electrons. The van der Waals surface area contributed by atoms with Gasteiger partial charge in [0, 0.05) is 25.3 Å². The van der Waals surface area contributed by atoms with E-state index in [0.29, 0.717) is 23.3 Å². The van der Waals surface area contributed by atoms with Gasteiger partial charge in [-0.05, 0) is 50.7 Å². The summed E-state index contributed by atoms with van der Waals surface area (Å²) in [4.78, 5) is 7.56. The molecule has 2 fully saturated rings. The van der Waals surface area contributed by atoms with Crippen LogP contribution >= 0.6 is 0 Å². The monoisotopic (exact) mass is 392 g/mol. The smallest absolute Gasteiger partial charge is 0.168 e. The molecule has 0 bridgehead atoms. The van der Waals surface area contributed by atoms with Crippen LogP contribution in [0.25, 0.3) is 11.0 Å². The zero-order valence-corrected chi connectivity index (χ0v) is 16.4. The lowest BCUT2D eigenvalue weighted by atomic mass is 9.96. The molecular formula is C22H24N4O3. The predicted octanol–water partition coefficient (Wildman–Crippen LogP) is 3.51. The first-order chi connectivity index (χ1) is 14.2. The van der Waals surface area contributed by atoms with Crippen LogP contribution in [0.1, 0.15) is 56.0 Å². The Morgan fingerprint density at radius 2 is 2.10 bits per heavy atom. The Kier molecular flexibility index (Phi) is 4.74. The van der Waals surface area contributed by atoms with Crippen molar-refractivity contribution in [3.8, 4) is 23.3 Å². The van der Waals surface area contributed by atoms with E-state index in [-0.39, 0.29) is 0 Å². The molecule has 150 valence electrons. The van der Waals surface area contributed by atoms with Crippen LogP contribution in [0.15, 0.2) is 24.5 Å². The lowest BCUT2D eigenvalue weighted by Crippen LogP contribution is -2.15. The van der Waals surface area contributed by atoms with Gasteiger partial charge in [-0.2, -0.15) is 5.10 Å². The highest BCUT2D eigenvalue weighted by Gasteiger charge is 2.30. The maximum absolute atomic E-state index is 9.40. The molecular weight excluding hydrogens is 368 g/mol. The molecule has 1 aliphatic carbocycles. The fourth-order valence-electron chi connectivity index (χ4n) is 3.71. The average Bonchev–Trinajstić information content (AvgIpc) is 3.35. The normalized spacial score (nSPS) is 18.4. The molecule has 0 aromatic carbocycles. The molecule has 2 N–H and O–H groups in total. The first kappa shape index (κ1) is 18.2. The number of aliphatic hydroxyl groups is 1. The highest BCUT2D eigenvalue weighted by molar-refractivity contribution is 5.84. The summed E-state index contributed by atoms with van der Waals surface area (Å²) in [6, 6.07) is 4.27. The second kappa shape index (κ2) is 7.54. The molecule has 3 aromatic heterocycles. The van der Waals surface area contributed by atoms with E-state index in [9.17, 15) is 5.11 Å². The quantitative estimate of drug-likeness (QED) is 0.664. The minimum Gasteiger partial charge on any atom is -0.453 e. The maximum atomic E-state index is 9.40. The largest absolute Gasteiger partial charge is 0.453 e. The van der Waals surface area contributed by atoms with Crippen molar-refractivity contribution in [2.45, 2.75) is 50.7 Å². The standard InChI is InChI=1S/C22H24N4O3/c1-14(27)2-3-16-12-18-19(6-9-23-22(18)24-16)29-20-13-26(17-4-5-17)25-21(20)15-7-10-28-11-8-15/h6,9,12-15,17,27H,4-5,7-8,10-11H2,1H3,(H,23,24)/t14-/m0/s1. The van der Waals surface area contributed by atoms with Crippen molar-refractivity contribution in [2.24, 2.45) is 0 Å². The molecule has 0 spiro atoms. The second-order valence-corrected chi connectivity index (χ2v) is 7.78. The number of rotatable bonds is 4. The number of nitrogens with one attached hydrogen (secondary N) is 1. The van der Waals surface area contributed by atoms with Gasteiger partial charge in [0.25, 0.3) is 0 Å². The van der Waals surface area contributed by atoms with Gasteiger partial charge >= 0.3 is 0 Å². The minimum atomic E-state index is -0.680. The number of ether oxygens (including phenoxy) is 2. The summed E-state index contributed by atoms with van der Waals surface area (Å²) < 4.78 is 14.0. The first-order valence-electron chi connectivity index (χ1n) is 10.2. The number of aromatic nitrogens is 4. The fraction of sp³-hybridized carbons (Fsp3) is 0.455. The second-order valence-electron chi connectivity index (χ2n) is 7.78. The number of aromatic amines is 1. The summed E-state index contributed by atoms with van der Waals surface area (Å²) in [5, 5.41) is 15.1. The topological polar surface area (TPSA) is 85.2 Å². The molecule has 3 aromatic rings. The van der Waals surface area contributed by atoms with Gasteiger partial charge in [-0.3, -0.25) is 4.68 Å². The van der Waals surface area contributed by atoms with E-state index in [4.69, 9.17) is 14.6 Å². The van der Waals surface area contributed by atoms with Gasteiger partial charge < -0.3 is 19.6 Å². The average molecular weight is 392 g/mol. The zero-order chi connectivity index (χ0) is 19.8. The Morgan fingerprint density at radius 1 is 1.28 bits per heavy atom. The Morgan fingerprint density at radius 3 is 2.86 bits per heavy atom. The number of aliphatic hydroxyl groups excluding tert-OH is 1. The number of pyridine rings is 1. The molecule has 5 rings (SSSR count). The van der Waals surface area contributed by atoms with Crippen molar-refractivity contribution in [2.75, 3.05) is 13.2 Å². The molecule has 1 aliphatic heterocycles. The molecule has 4 heterocycles. The first-order valence-corrected chi connectivity index (χ1v) is 10.2. The zero-order valence-electron chi connectivity index (χ0n) is 16.4. The van der Waals surface area contributed by atoms with Crippen molar-refractivity contribution in [1.82, 2.24) is 19.7 Å². The molecule has 0 unspecified atom stereocenters. The number of nitrogens with zero attached hydrogens (tertiary/aromatic N) is 3. The van der Waals surface area contributed by atoms with E-state index in [2.05, 4.69) is 26.5 Å². The van der Waals surface area contributed by atoms with Crippen LogP contribution in [0.2, 0.25) is 0 Å². The molecule has 29 heavy (non-hydrogen) atoms. The van der Waals surface area contributed by atoms with E-state index in [1.165, 1.54) is 12.8 Å². The van der Waals surface area contributed by atoms with Crippen LogP contribution in [-0.4, -0.2) is 44.2 Å². The number of fused-ring (bicyclic) bond motifs is 1. The molecule has 1 atom stereocenters. The fourth-order valence-corrected chi connectivity index (χ4v) is 3.71. The highest BCUT2D eigenvalue weighted by Crippen LogP contribution is 2.41. The molecule has 2 aliphatic rings. The maximum Gasteiger partial charge on any atom is 0.168 e. The van der Waals surface area contributed by atoms with Gasteiger partial charge in [0.15, 0.2) is 5.75 Å². The van der Waals surface area contributed by atoms with Crippen LogP contribution < -0.4 is 4.74 Å². The van der Waals surface area contributed by atoms with Crippen LogP contribution in [0.5, 0.6) is 11.5 Å². The van der Waals surface area contributed by atoms with Crippen molar-refractivity contribution in [1.29, 1.82) is 0 Å². The van der Waals surface area contributed by atoms with Gasteiger partial charge in [-0.15, -0.1) is 0 Å². The van der Waals surface area contributed by atoms with Crippen LogP contribution in [0.4, 0.5) is 0 Å². The summed E-state index contributed by atoms with van der Waals surface area (Å²) >= 11 is 0. The number of H-pyrrole nitrogens is 1. The number of hydrogen-bond donors (Lipinski definition) is 2. The summed E-state index contributed by atoms with van der Waals surface area (Å²) in [5.74, 6) is 7.57. The third-order valence-corrected chi connectivity index (χ3v) is 5.38. The Hall–Kier alpha value is -2.82. The minimum absolute atomic E-state index is 0.356. The summed E-state index contributed by atoms with van der Waals surface area (Å²) in [7, 11) is 0. The van der Waals surface area contributed by atoms with E-state index >= 15 is 0 Å². The van der Waals surface area contributed by atoms with Crippen molar-refractivity contribution < 1.29 is 14.6 Å². The van der Waals surface area contributed by atoms with Crippen LogP contribution in [-0.2, 0) is 4.74 Å². The van der Waals surface area contributed by atoms with E-state index in [1.807, 2.05) is 18.3 Å². The van der Waals surface area contributed by atoms with E-state index in [0.717, 1.165) is 48.6 Å². The van der Waals surface area contributed by atoms with E-state index < -0.39 is 6.10 Å². The Bertz CT molecular complexity index is 1080. The van der Waals surface area contributed by atoms with Crippen LogP contribution in [0, 0.1) is 11.8 Å². The molecule has 7 heteroatoms. The van der Waals surface area contributed by atoms with Gasteiger partial charge in [0.05, 0.1) is 23.3 Å². The molecule has 1 saturated carbocycles. The summed E-state index contributed by atoms with van der Waals surface area (Å²) in [6.07, 6.45) is 7.36. The molecule has 0 amide bonds. The van der Waals surface area contributed by atoms with Gasteiger partial charge in [-0.25, -0.2) is 4.98 Å². The lowest BCUT2D eigenvalue weighted by Gasteiger charge is -2.21. The van der Waals surface area contributed by atoms with Gasteiger partial charge in [-0.1, -0.05) is 5.92 Å². The molecule has 1 saturated heterocycles. The predicted molar refractivity (Wildman–Crippen MR) is 108 cm³/mol. The van der Waals surface area contributed by atoms with Crippen LogP contribution in [0.3, 0.4) is 0 Å². The lowest BCUT2D eigenvalue weighted by molar-refractivity contribution is 0.0839. The van der Waals surface area contributed by atoms with Crippen molar-refractivity contribution in [3.63, 3.8) is 0 Å². The Labute approximate surface area is 169 Å². The van der Waals surface area contributed by atoms with Gasteiger partial charge in [0.2, 0.25) is 0 Å². The molecule has 7 nitrogen and oxygen atoms in total. The van der Waals surface area contributed by atoms with E-state index in [1.54, 1.807) is 13.1 Å². The third-order valence-electron chi connectivity index (χ3n) is 5.38. The summed E-state index contributed by atoms with van der Waals surface area (Å²) in [5.41, 5.74) is 2.43. The van der Waals surface area contributed by atoms with Gasteiger partial charge in [0.1, 0.15) is 23.2 Å². The highest BCUT2D eigenvalue weighted by atomic mass is 16.5. The van der Waals surface area contributed by atoms with Crippen molar-refractivity contribution in [3.05, 3.63) is 35.9 Å². The van der Waals surface area contributed by atoms with Crippen molar-refractivity contribution >= 4 is 11.0 Å². The number of hydrogen-bond acceptors (Lipinski definition) is 5.